The molecule has 1 saturated heterocycles. The summed E-state index contributed by atoms with van der Waals surface area (Å²) in [6.45, 7) is 9.74. The number of piperazine rings is 1. The lowest BCUT2D eigenvalue weighted by atomic mass is 10.2. The number of amides is 1. The molecule has 0 atom stereocenters. The minimum absolute atomic E-state index is 0.00677. The monoisotopic (exact) mass is 444 g/mol. The number of carbonyl (C=O) groups excluding carboxylic acids is 1. The second-order valence-corrected chi connectivity index (χ2v) is 9.15. The van der Waals surface area contributed by atoms with E-state index in [4.69, 9.17) is 11.6 Å². The van der Waals surface area contributed by atoms with Crippen LogP contribution in [0.15, 0.2) is 24.4 Å². The molecule has 0 unspecified atom stereocenters. The maximum atomic E-state index is 12.7. The summed E-state index contributed by atoms with van der Waals surface area (Å²) in [5.41, 5.74) is 2.56. The first kappa shape index (κ1) is 20.8. The van der Waals surface area contributed by atoms with E-state index in [1.807, 2.05) is 24.0 Å². The number of pyridine rings is 1. The number of fused-ring (bicyclic) bond motifs is 1. The van der Waals surface area contributed by atoms with Crippen molar-refractivity contribution in [1.29, 1.82) is 0 Å². The Morgan fingerprint density at radius 2 is 2.07 bits per heavy atom. The van der Waals surface area contributed by atoms with Crippen molar-refractivity contribution >= 4 is 50.4 Å². The molecule has 1 aliphatic heterocycles. The van der Waals surface area contributed by atoms with Crippen LogP contribution in [-0.2, 0) is 11.3 Å². The predicted molar refractivity (Wildman–Crippen MR) is 122 cm³/mol. The minimum atomic E-state index is -0.00677. The van der Waals surface area contributed by atoms with Crippen molar-refractivity contribution in [3.8, 4) is 0 Å². The largest absolute Gasteiger partial charge is 0.344 e. The van der Waals surface area contributed by atoms with Gasteiger partial charge in [-0.05, 0) is 31.1 Å². The average Bonchev–Trinajstić information content (AvgIpc) is 3.27. The third kappa shape index (κ3) is 4.34. The van der Waals surface area contributed by atoms with Crippen molar-refractivity contribution in [2.45, 2.75) is 27.3 Å². The van der Waals surface area contributed by atoms with E-state index >= 15 is 0 Å². The summed E-state index contributed by atoms with van der Waals surface area (Å²) in [6.07, 6.45) is 5.18. The Morgan fingerprint density at radius 1 is 1.30 bits per heavy atom. The van der Waals surface area contributed by atoms with E-state index in [-0.39, 0.29) is 5.91 Å². The molecule has 1 fully saturated rings. The summed E-state index contributed by atoms with van der Waals surface area (Å²) < 4.78 is 1.80. The topological polar surface area (TPSA) is 67.2 Å². The zero-order chi connectivity index (χ0) is 21.3. The molecule has 0 saturated carbocycles. The number of aromatic nitrogens is 4. The van der Waals surface area contributed by atoms with Gasteiger partial charge in [0.2, 0.25) is 5.91 Å². The van der Waals surface area contributed by atoms with Crippen LogP contribution in [0.3, 0.4) is 0 Å². The number of hydrogen-bond acceptors (Lipinski definition) is 6. The lowest BCUT2D eigenvalue weighted by molar-refractivity contribution is -0.126. The van der Waals surface area contributed by atoms with Gasteiger partial charge in [-0.15, -0.1) is 0 Å². The lowest BCUT2D eigenvalue weighted by Gasteiger charge is -2.34. The molecule has 1 aliphatic rings. The van der Waals surface area contributed by atoms with Crippen LogP contribution in [0.2, 0.25) is 5.15 Å². The second-order valence-electron chi connectivity index (χ2n) is 7.84. The van der Waals surface area contributed by atoms with Gasteiger partial charge in [-0.2, -0.15) is 5.10 Å². The van der Waals surface area contributed by atoms with Gasteiger partial charge in [0.1, 0.15) is 15.5 Å². The van der Waals surface area contributed by atoms with Crippen molar-refractivity contribution in [3.63, 3.8) is 0 Å². The molecule has 0 aliphatic carbocycles. The Balaban J connectivity index is 1.38. The number of halogens is 1. The molecule has 1 amide bonds. The minimum Gasteiger partial charge on any atom is -0.344 e. The number of hydrogen-bond donors (Lipinski definition) is 0. The highest BCUT2D eigenvalue weighted by Crippen LogP contribution is 2.28. The molecule has 3 aromatic rings. The predicted octanol–water partition coefficient (Wildman–Crippen LogP) is 3.87. The smallest absolute Gasteiger partial charge is 0.246 e. The number of rotatable bonds is 5. The highest BCUT2D eigenvalue weighted by molar-refractivity contribution is 7.21. The molecule has 9 heteroatoms. The number of anilines is 1. The number of aryl methyl sites for hydroxylation is 1. The van der Waals surface area contributed by atoms with Gasteiger partial charge in [0.05, 0.1) is 5.69 Å². The van der Waals surface area contributed by atoms with Crippen molar-refractivity contribution in [3.05, 3.63) is 40.8 Å². The standard InChI is InChI=1S/C21H25ClN6OS/c1-14(2)13-28-19(22)16(15(3)25-28)6-7-18(29)26-9-11-27(12-10-26)21-24-17-5-4-8-23-20(17)30-21/h4-8,14H,9-13H2,1-3H3/b7-6+. The zero-order valence-electron chi connectivity index (χ0n) is 17.4. The van der Waals surface area contributed by atoms with Crippen molar-refractivity contribution in [1.82, 2.24) is 24.6 Å². The normalized spacial score (nSPS) is 15.1. The number of thiazole rings is 1. The summed E-state index contributed by atoms with van der Waals surface area (Å²) >= 11 is 8.06. The maximum Gasteiger partial charge on any atom is 0.246 e. The molecule has 30 heavy (non-hydrogen) atoms. The van der Waals surface area contributed by atoms with E-state index in [2.05, 4.69) is 33.8 Å². The van der Waals surface area contributed by atoms with E-state index in [0.29, 0.717) is 24.2 Å². The highest BCUT2D eigenvalue weighted by Gasteiger charge is 2.22. The van der Waals surface area contributed by atoms with Crippen molar-refractivity contribution in [2.75, 3.05) is 31.1 Å². The van der Waals surface area contributed by atoms with E-state index in [1.54, 1.807) is 34.4 Å². The maximum absolute atomic E-state index is 12.7. The van der Waals surface area contributed by atoms with Crippen LogP contribution in [-0.4, -0.2) is 56.7 Å². The van der Waals surface area contributed by atoms with E-state index in [0.717, 1.165) is 46.4 Å². The first-order valence-electron chi connectivity index (χ1n) is 10.1. The molecular formula is C21H25ClN6OS. The van der Waals surface area contributed by atoms with Gasteiger partial charge in [-0.25, -0.2) is 9.97 Å². The molecule has 3 aromatic heterocycles. The van der Waals surface area contributed by atoms with Gasteiger partial charge in [0.25, 0.3) is 0 Å². The van der Waals surface area contributed by atoms with E-state index in [9.17, 15) is 4.79 Å². The molecule has 0 aromatic carbocycles. The SMILES string of the molecule is Cc1nn(CC(C)C)c(Cl)c1/C=C/C(=O)N1CCN(c2nc3cccnc3s2)CC1. The molecule has 4 rings (SSSR count). The van der Waals surface area contributed by atoms with Crippen molar-refractivity contribution < 1.29 is 4.79 Å². The molecule has 0 radical (unpaired) electrons. The Kier molecular flexibility index (Phi) is 6.06. The zero-order valence-corrected chi connectivity index (χ0v) is 18.9. The Hall–Kier alpha value is -2.45. The van der Waals surface area contributed by atoms with Crippen molar-refractivity contribution in [2.24, 2.45) is 5.92 Å². The first-order valence-corrected chi connectivity index (χ1v) is 11.3. The first-order chi connectivity index (χ1) is 14.4. The summed E-state index contributed by atoms with van der Waals surface area (Å²) in [5, 5.41) is 6.04. The highest BCUT2D eigenvalue weighted by atomic mass is 35.5. The lowest BCUT2D eigenvalue weighted by Crippen LogP contribution is -2.48. The Labute approximate surface area is 185 Å². The van der Waals surface area contributed by atoms with Crippen LogP contribution in [0.5, 0.6) is 0 Å². The fourth-order valence-corrected chi connectivity index (χ4v) is 4.76. The molecule has 0 bridgehead atoms. The summed E-state index contributed by atoms with van der Waals surface area (Å²) in [5.74, 6) is 0.440. The molecule has 4 heterocycles. The van der Waals surface area contributed by atoms with Crippen LogP contribution in [0.25, 0.3) is 16.4 Å². The van der Waals surface area contributed by atoms with Gasteiger partial charge in [-0.1, -0.05) is 36.8 Å². The third-order valence-electron chi connectivity index (χ3n) is 5.06. The Bertz CT molecular complexity index is 1050. The summed E-state index contributed by atoms with van der Waals surface area (Å²) in [6, 6.07) is 3.87. The second kappa shape index (κ2) is 8.73. The van der Waals surface area contributed by atoms with Crippen LogP contribution < -0.4 is 4.90 Å². The van der Waals surface area contributed by atoms with E-state index in [1.165, 1.54) is 0 Å². The quantitative estimate of drug-likeness (QED) is 0.559. The molecule has 7 nitrogen and oxygen atoms in total. The summed E-state index contributed by atoms with van der Waals surface area (Å²) in [7, 11) is 0. The fourth-order valence-electron chi connectivity index (χ4n) is 3.50. The number of carbonyl (C=O) groups is 1. The van der Waals surface area contributed by atoms with Crippen LogP contribution in [0.1, 0.15) is 25.1 Å². The Morgan fingerprint density at radius 3 is 2.77 bits per heavy atom. The van der Waals surface area contributed by atoms with Crippen LogP contribution in [0, 0.1) is 12.8 Å². The number of nitrogens with zero attached hydrogens (tertiary/aromatic N) is 6. The van der Waals surface area contributed by atoms with Gasteiger partial charge in [-0.3, -0.25) is 9.48 Å². The van der Waals surface area contributed by atoms with Gasteiger partial charge < -0.3 is 9.80 Å². The average molecular weight is 445 g/mol. The summed E-state index contributed by atoms with van der Waals surface area (Å²) in [4.78, 5) is 26.7. The van der Waals surface area contributed by atoms with Crippen LogP contribution >= 0.6 is 22.9 Å². The molecule has 158 valence electrons. The molecule has 0 N–H and O–H groups in total. The van der Waals surface area contributed by atoms with Crippen LogP contribution in [0.4, 0.5) is 5.13 Å². The van der Waals surface area contributed by atoms with Gasteiger partial charge >= 0.3 is 0 Å². The van der Waals surface area contributed by atoms with Gasteiger partial charge in [0.15, 0.2) is 5.13 Å². The van der Waals surface area contributed by atoms with Gasteiger partial charge in [0, 0.05) is 50.6 Å². The molecular weight excluding hydrogens is 420 g/mol. The molecule has 0 spiro atoms. The van der Waals surface area contributed by atoms with E-state index < -0.39 is 0 Å². The third-order valence-corrected chi connectivity index (χ3v) is 6.50. The fraction of sp³-hybridized carbons (Fsp3) is 0.429.